The molecule has 0 aliphatic carbocycles. The Morgan fingerprint density at radius 2 is 1.77 bits per heavy atom. The van der Waals surface area contributed by atoms with E-state index < -0.39 is 23.0 Å². The number of unbranched alkanes of at least 4 members (excludes halogenated alkanes) is 2. The number of non-ortho nitro benzene ring substituents is 1. The third-order valence-electron chi connectivity index (χ3n) is 6.69. The van der Waals surface area contributed by atoms with Crippen molar-refractivity contribution in [1.29, 1.82) is 0 Å². The van der Waals surface area contributed by atoms with Gasteiger partial charge in [-0.1, -0.05) is 73.8 Å². The number of hydrogen-bond acceptors (Lipinski definition) is 8. The van der Waals surface area contributed by atoms with E-state index in [0.29, 0.717) is 28.3 Å². The van der Waals surface area contributed by atoms with E-state index in [0.717, 1.165) is 23.7 Å². The normalized spacial score (nSPS) is 10.7. The lowest BCUT2D eigenvalue weighted by molar-refractivity contribution is -0.384. The smallest absolute Gasteiger partial charge is 0.325 e. The van der Waals surface area contributed by atoms with Crippen LogP contribution in [0.3, 0.4) is 0 Å². The van der Waals surface area contributed by atoms with E-state index in [2.05, 4.69) is 11.9 Å². The Kier molecular flexibility index (Phi) is 11.0. The van der Waals surface area contributed by atoms with Crippen molar-refractivity contribution < 1.29 is 14.5 Å². The first-order valence-electron chi connectivity index (χ1n) is 14.1. The molecule has 0 amide bonds. The van der Waals surface area contributed by atoms with Gasteiger partial charge in [-0.25, -0.2) is 4.52 Å². The van der Waals surface area contributed by atoms with Crippen LogP contribution in [0.25, 0.3) is 28.0 Å². The van der Waals surface area contributed by atoms with Gasteiger partial charge in [0.1, 0.15) is 11.4 Å². The molecular weight excluding hydrogens is 584 g/mol. The Labute approximate surface area is 258 Å². The Bertz CT molecular complexity index is 1800. The van der Waals surface area contributed by atoms with E-state index in [4.69, 9.17) is 32.9 Å². The number of halogens is 1. The second-order valence-corrected chi connectivity index (χ2v) is 10.3. The van der Waals surface area contributed by atoms with Gasteiger partial charge < -0.3 is 21.2 Å². The number of H-pyrrole nitrogens is 1. The number of carbonyl (C=O) groups excluding carboxylic acids is 1. The van der Waals surface area contributed by atoms with Crippen molar-refractivity contribution in [3.8, 4) is 28.1 Å². The van der Waals surface area contributed by atoms with Crippen molar-refractivity contribution in [2.45, 2.75) is 32.6 Å². The summed E-state index contributed by atoms with van der Waals surface area (Å²) >= 11 is 6.12. The summed E-state index contributed by atoms with van der Waals surface area (Å²) in [5.74, 6) is -0.908. The number of fused-ring (bicyclic) bond motifs is 1. The van der Waals surface area contributed by atoms with Crippen molar-refractivity contribution in [3.05, 3.63) is 116 Å². The van der Waals surface area contributed by atoms with E-state index in [9.17, 15) is 19.7 Å². The van der Waals surface area contributed by atoms with Gasteiger partial charge in [-0.05, 0) is 42.3 Å². The van der Waals surface area contributed by atoms with Gasteiger partial charge in [-0.3, -0.25) is 19.7 Å². The molecule has 5 rings (SSSR count). The maximum atomic E-state index is 12.9. The highest BCUT2D eigenvalue weighted by Gasteiger charge is 2.23. The first kappa shape index (κ1) is 32.1. The number of ether oxygens (including phenoxy) is 1. The maximum Gasteiger partial charge on any atom is 0.325 e. The highest BCUT2D eigenvalue weighted by Crippen LogP contribution is 2.36. The van der Waals surface area contributed by atoms with Gasteiger partial charge >= 0.3 is 5.97 Å². The third kappa shape index (κ3) is 7.75. The number of nitro groups is 1. The quantitative estimate of drug-likeness (QED) is 0.0606. The topological polar surface area (TPSA) is 172 Å². The van der Waals surface area contributed by atoms with Crippen LogP contribution in [0.4, 0.5) is 5.69 Å². The van der Waals surface area contributed by atoms with E-state index in [1.54, 1.807) is 12.1 Å². The van der Waals surface area contributed by atoms with Crippen LogP contribution < -0.4 is 21.8 Å². The van der Waals surface area contributed by atoms with Gasteiger partial charge in [0, 0.05) is 34.7 Å². The summed E-state index contributed by atoms with van der Waals surface area (Å²) in [6, 6.07) is 21.9. The Morgan fingerprint density at radius 1 is 1.05 bits per heavy atom. The van der Waals surface area contributed by atoms with E-state index in [-0.39, 0.29) is 22.7 Å². The maximum absolute atomic E-state index is 12.9. The van der Waals surface area contributed by atoms with Crippen molar-refractivity contribution >= 4 is 28.9 Å². The molecule has 2 aromatic heterocycles. The highest BCUT2D eigenvalue weighted by molar-refractivity contribution is 6.30. The van der Waals surface area contributed by atoms with Crippen LogP contribution in [0.2, 0.25) is 5.02 Å². The summed E-state index contributed by atoms with van der Waals surface area (Å²) in [4.78, 5) is 38.6. The zero-order chi connectivity index (χ0) is 31.6. The molecule has 3 aromatic carbocycles. The molecule has 0 aliphatic rings. The molecule has 11 nitrogen and oxygen atoms in total. The number of aromatic nitrogens is 3. The van der Waals surface area contributed by atoms with Crippen LogP contribution in [0.5, 0.6) is 5.75 Å². The molecule has 12 heteroatoms. The molecule has 2 heterocycles. The van der Waals surface area contributed by atoms with Gasteiger partial charge in [-0.15, -0.1) is 0 Å². The molecule has 0 fully saturated rings. The Hall–Kier alpha value is -4.84. The fraction of sp³-hybridized carbons (Fsp3) is 0.219. The van der Waals surface area contributed by atoms with Crippen molar-refractivity contribution in [2.24, 2.45) is 11.5 Å². The molecule has 0 aliphatic heterocycles. The van der Waals surface area contributed by atoms with Crippen LogP contribution >= 0.6 is 11.6 Å². The summed E-state index contributed by atoms with van der Waals surface area (Å²) in [7, 11) is 0. The second kappa shape index (κ2) is 15.1. The SMILES string of the molecule is CCCCCN.NCC(=O)Oc1cc([N+](=O)[O-])ccc1-c1cc(=O)[nH]c2c(-c3ccc(Cl)cc3)c(Cc3ccccc3)nn12. The molecule has 44 heavy (non-hydrogen) atoms. The van der Waals surface area contributed by atoms with Gasteiger partial charge in [-0.2, -0.15) is 5.10 Å². The van der Waals surface area contributed by atoms with E-state index >= 15 is 0 Å². The molecule has 5 aromatic rings. The minimum atomic E-state index is -0.792. The first-order valence-corrected chi connectivity index (χ1v) is 14.5. The molecule has 0 saturated heterocycles. The molecule has 0 atom stereocenters. The molecule has 0 bridgehead atoms. The predicted octanol–water partition coefficient (Wildman–Crippen LogP) is 5.51. The Balaban J connectivity index is 0.000000670. The van der Waals surface area contributed by atoms with Gasteiger partial charge in [0.2, 0.25) is 0 Å². The van der Waals surface area contributed by atoms with Crippen molar-refractivity contribution in [2.75, 3.05) is 13.1 Å². The molecular formula is C32H33ClN6O5. The van der Waals surface area contributed by atoms with Crippen LogP contribution in [0.1, 0.15) is 37.4 Å². The van der Waals surface area contributed by atoms with Gasteiger partial charge in [0.05, 0.1) is 28.9 Å². The minimum absolute atomic E-state index is 0.116. The lowest BCUT2D eigenvalue weighted by Crippen LogP contribution is -2.20. The summed E-state index contributed by atoms with van der Waals surface area (Å²) in [6.07, 6.45) is 4.21. The fourth-order valence-corrected chi connectivity index (χ4v) is 4.72. The molecule has 0 spiro atoms. The number of benzene rings is 3. The summed E-state index contributed by atoms with van der Waals surface area (Å²) in [6.45, 7) is 2.60. The number of nitrogens with zero attached hydrogens (tertiary/aromatic N) is 3. The lowest BCUT2D eigenvalue weighted by Gasteiger charge is -2.11. The Morgan fingerprint density at radius 3 is 2.39 bits per heavy atom. The number of esters is 1. The van der Waals surface area contributed by atoms with Crippen LogP contribution in [0, 0.1) is 10.1 Å². The molecule has 0 saturated carbocycles. The fourth-order valence-electron chi connectivity index (χ4n) is 4.60. The number of rotatable bonds is 10. The van der Waals surface area contributed by atoms with Gasteiger partial charge in [0.25, 0.3) is 11.2 Å². The van der Waals surface area contributed by atoms with Crippen molar-refractivity contribution in [1.82, 2.24) is 14.6 Å². The highest BCUT2D eigenvalue weighted by atomic mass is 35.5. The summed E-state index contributed by atoms with van der Waals surface area (Å²) in [5.41, 5.74) is 13.9. The molecule has 5 N–H and O–H groups in total. The monoisotopic (exact) mass is 616 g/mol. The van der Waals surface area contributed by atoms with E-state index in [1.165, 1.54) is 42.0 Å². The molecule has 0 unspecified atom stereocenters. The van der Waals surface area contributed by atoms with E-state index in [1.807, 2.05) is 42.5 Å². The van der Waals surface area contributed by atoms with Crippen molar-refractivity contribution in [3.63, 3.8) is 0 Å². The van der Waals surface area contributed by atoms with Crippen LogP contribution in [0.15, 0.2) is 83.7 Å². The number of nitro benzene ring substituents is 1. The summed E-state index contributed by atoms with van der Waals surface area (Å²) < 4.78 is 6.86. The second-order valence-electron chi connectivity index (χ2n) is 9.88. The number of nitrogens with one attached hydrogen (secondary N) is 1. The zero-order valence-electron chi connectivity index (χ0n) is 24.2. The first-order chi connectivity index (χ1) is 21.2. The molecule has 0 radical (unpaired) electrons. The predicted molar refractivity (Wildman–Crippen MR) is 171 cm³/mol. The lowest BCUT2D eigenvalue weighted by atomic mass is 10.0. The number of aromatic amines is 1. The van der Waals surface area contributed by atoms with Gasteiger partial charge in [0.15, 0.2) is 0 Å². The van der Waals surface area contributed by atoms with Crippen LogP contribution in [-0.2, 0) is 11.2 Å². The number of carbonyl (C=O) groups is 1. The average molecular weight is 617 g/mol. The largest absolute Gasteiger partial charge is 0.425 e. The number of hydrogen-bond donors (Lipinski definition) is 3. The molecule has 228 valence electrons. The van der Waals surface area contributed by atoms with Crippen LogP contribution in [-0.4, -0.2) is 38.6 Å². The summed E-state index contributed by atoms with van der Waals surface area (Å²) in [5, 5.41) is 16.8. The number of nitrogens with two attached hydrogens (primary N) is 2. The minimum Gasteiger partial charge on any atom is -0.425 e. The zero-order valence-corrected chi connectivity index (χ0v) is 24.9. The third-order valence-corrected chi connectivity index (χ3v) is 6.94. The average Bonchev–Trinajstić information content (AvgIpc) is 3.38. The standard InChI is InChI=1S/C27H20ClN5O5.C5H13N/c28-18-8-6-17(7-9-18)26-21(12-16-4-2-1-3-5-16)31-32-22(14-24(34)30-27(26)32)20-11-10-19(33(36)37)13-23(20)38-25(35)15-29;1-2-3-4-5-6/h1-11,13-14H,12,15,29H2,(H,30,34);2-6H2,1H3.